The highest BCUT2D eigenvalue weighted by atomic mass is 32.1. The van der Waals surface area contributed by atoms with Crippen molar-refractivity contribution < 1.29 is 14.3 Å². The van der Waals surface area contributed by atoms with Gasteiger partial charge >= 0.3 is 0 Å². The molecule has 0 radical (unpaired) electrons. The summed E-state index contributed by atoms with van der Waals surface area (Å²) in [4.78, 5) is 17.1. The van der Waals surface area contributed by atoms with E-state index in [0.29, 0.717) is 17.2 Å². The predicted octanol–water partition coefficient (Wildman–Crippen LogP) is 3.90. The Morgan fingerprint density at radius 3 is 2.72 bits per heavy atom. The smallest absolute Gasteiger partial charge is 0.269 e. The second-order valence-corrected chi connectivity index (χ2v) is 6.71. The van der Waals surface area contributed by atoms with E-state index in [0.717, 1.165) is 16.3 Å². The molecule has 1 aliphatic rings. The van der Waals surface area contributed by atoms with E-state index in [1.807, 2.05) is 54.8 Å². The van der Waals surface area contributed by atoms with Crippen LogP contribution in [0.4, 0.5) is 5.69 Å². The molecular weight excluding hydrogens is 336 g/mol. The van der Waals surface area contributed by atoms with E-state index in [-0.39, 0.29) is 12.5 Å². The van der Waals surface area contributed by atoms with E-state index in [4.69, 9.17) is 9.47 Å². The second kappa shape index (κ2) is 6.57. The zero-order chi connectivity index (χ0) is 17.2. The first kappa shape index (κ1) is 15.7. The molecule has 2 aromatic carbocycles. The normalized spacial score (nSPS) is 15.6. The van der Waals surface area contributed by atoms with Gasteiger partial charge in [-0.1, -0.05) is 30.3 Å². The standard InChI is InChI=1S/C19H16N2O3S/c1-12-20-15(11-25-12)13-6-2-3-7-14(13)21-19(22)18-10-23-16-8-4-5-9-17(16)24-18/h2-9,11,18H,10H2,1H3,(H,21,22). The van der Waals surface area contributed by atoms with Gasteiger partial charge in [-0.3, -0.25) is 4.79 Å². The fraction of sp³-hybridized carbons (Fsp3) is 0.158. The monoisotopic (exact) mass is 352 g/mol. The number of aromatic nitrogens is 1. The van der Waals surface area contributed by atoms with Crippen LogP contribution in [0.2, 0.25) is 0 Å². The van der Waals surface area contributed by atoms with Crippen LogP contribution in [0.5, 0.6) is 11.5 Å². The van der Waals surface area contributed by atoms with Crippen LogP contribution in [-0.4, -0.2) is 23.6 Å². The lowest BCUT2D eigenvalue weighted by Gasteiger charge is -2.25. The zero-order valence-electron chi connectivity index (χ0n) is 13.6. The molecule has 2 heterocycles. The van der Waals surface area contributed by atoms with Gasteiger partial charge in [0.25, 0.3) is 5.91 Å². The van der Waals surface area contributed by atoms with Gasteiger partial charge in [-0.05, 0) is 25.1 Å². The van der Waals surface area contributed by atoms with E-state index in [1.165, 1.54) is 0 Å². The lowest BCUT2D eigenvalue weighted by atomic mass is 10.1. The Bertz CT molecular complexity index is 922. The molecule has 0 spiro atoms. The maximum Gasteiger partial charge on any atom is 0.269 e. The number of carbonyl (C=O) groups excluding carboxylic acids is 1. The van der Waals surface area contributed by atoms with E-state index < -0.39 is 6.10 Å². The van der Waals surface area contributed by atoms with E-state index in [2.05, 4.69) is 10.3 Å². The minimum atomic E-state index is -0.694. The molecule has 0 fully saturated rings. The number of amides is 1. The van der Waals surface area contributed by atoms with Gasteiger partial charge in [-0.15, -0.1) is 11.3 Å². The molecule has 0 saturated heterocycles. The van der Waals surface area contributed by atoms with Crippen molar-refractivity contribution in [2.24, 2.45) is 0 Å². The van der Waals surface area contributed by atoms with Crippen LogP contribution in [0.25, 0.3) is 11.3 Å². The van der Waals surface area contributed by atoms with Crippen LogP contribution in [0, 0.1) is 6.92 Å². The van der Waals surface area contributed by atoms with Crippen LogP contribution in [0.15, 0.2) is 53.9 Å². The third-order valence-electron chi connectivity index (χ3n) is 3.88. The number of rotatable bonds is 3. The maximum absolute atomic E-state index is 12.6. The molecule has 1 amide bonds. The third kappa shape index (κ3) is 3.21. The van der Waals surface area contributed by atoms with Gasteiger partial charge in [-0.25, -0.2) is 4.98 Å². The molecule has 5 nitrogen and oxygen atoms in total. The number of benzene rings is 2. The Morgan fingerprint density at radius 2 is 1.92 bits per heavy atom. The first-order chi connectivity index (χ1) is 12.2. The van der Waals surface area contributed by atoms with Crippen LogP contribution in [-0.2, 0) is 4.79 Å². The van der Waals surface area contributed by atoms with E-state index >= 15 is 0 Å². The molecule has 1 atom stereocenters. The van der Waals surface area contributed by atoms with Gasteiger partial charge in [0.05, 0.1) is 16.4 Å². The average molecular weight is 352 g/mol. The summed E-state index contributed by atoms with van der Waals surface area (Å²) < 4.78 is 11.4. The molecule has 4 rings (SSSR count). The number of anilines is 1. The van der Waals surface area contributed by atoms with Crippen molar-refractivity contribution in [1.82, 2.24) is 4.98 Å². The number of thiazole rings is 1. The highest BCUT2D eigenvalue weighted by Gasteiger charge is 2.27. The van der Waals surface area contributed by atoms with Crippen molar-refractivity contribution in [1.29, 1.82) is 0 Å². The van der Waals surface area contributed by atoms with E-state index in [9.17, 15) is 4.79 Å². The fourth-order valence-corrected chi connectivity index (χ4v) is 3.28. The summed E-state index contributed by atoms with van der Waals surface area (Å²) in [5.41, 5.74) is 2.45. The molecule has 1 unspecified atom stereocenters. The number of hydrogen-bond donors (Lipinski definition) is 1. The Balaban J connectivity index is 1.54. The van der Waals surface area contributed by atoms with Gasteiger partial charge < -0.3 is 14.8 Å². The highest BCUT2D eigenvalue weighted by molar-refractivity contribution is 7.09. The number of fused-ring (bicyclic) bond motifs is 1. The summed E-state index contributed by atoms with van der Waals surface area (Å²) in [6, 6.07) is 14.9. The number of aryl methyl sites for hydroxylation is 1. The minimum Gasteiger partial charge on any atom is -0.485 e. The topological polar surface area (TPSA) is 60.5 Å². The number of ether oxygens (including phenoxy) is 2. The van der Waals surface area contributed by atoms with Gasteiger partial charge in [0.2, 0.25) is 6.10 Å². The molecule has 0 bridgehead atoms. The lowest BCUT2D eigenvalue weighted by molar-refractivity contribution is -0.125. The molecule has 0 aliphatic carbocycles. The van der Waals surface area contributed by atoms with Crippen molar-refractivity contribution in [3.8, 4) is 22.8 Å². The summed E-state index contributed by atoms with van der Waals surface area (Å²) in [5, 5.41) is 5.91. The largest absolute Gasteiger partial charge is 0.485 e. The summed E-state index contributed by atoms with van der Waals surface area (Å²) in [6.07, 6.45) is -0.694. The molecule has 1 N–H and O–H groups in total. The van der Waals surface area contributed by atoms with Crippen molar-refractivity contribution in [2.75, 3.05) is 11.9 Å². The van der Waals surface area contributed by atoms with Crippen LogP contribution >= 0.6 is 11.3 Å². The Morgan fingerprint density at radius 1 is 1.16 bits per heavy atom. The first-order valence-electron chi connectivity index (χ1n) is 7.91. The van der Waals surface area contributed by atoms with Crippen molar-refractivity contribution in [3.63, 3.8) is 0 Å². The molecule has 1 aliphatic heterocycles. The molecule has 126 valence electrons. The number of carbonyl (C=O) groups is 1. The molecule has 1 aromatic heterocycles. The molecule has 25 heavy (non-hydrogen) atoms. The van der Waals surface area contributed by atoms with Crippen LogP contribution < -0.4 is 14.8 Å². The molecular formula is C19H16N2O3S. The SMILES string of the molecule is Cc1nc(-c2ccccc2NC(=O)C2COc3ccccc3O2)cs1. The van der Waals surface area contributed by atoms with Crippen LogP contribution in [0.3, 0.4) is 0 Å². The van der Waals surface area contributed by atoms with Gasteiger partial charge in [0, 0.05) is 10.9 Å². The lowest BCUT2D eigenvalue weighted by Crippen LogP contribution is -2.40. The number of hydrogen-bond acceptors (Lipinski definition) is 5. The number of para-hydroxylation sites is 3. The highest BCUT2D eigenvalue weighted by Crippen LogP contribution is 2.32. The van der Waals surface area contributed by atoms with Crippen molar-refractivity contribution in [3.05, 3.63) is 58.9 Å². The zero-order valence-corrected chi connectivity index (χ0v) is 14.4. The fourth-order valence-electron chi connectivity index (χ4n) is 2.66. The van der Waals surface area contributed by atoms with Gasteiger partial charge in [0.15, 0.2) is 11.5 Å². The summed E-state index contributed by atoms with van der Waals surface area (Å²) in [7, 11) is 0. The van der Waals surface area contributed by atoms with E-state index in [1.54, 1.807) is 17.4 Å². The molecule has 0 saturated carbocycles. The Kier molecular flexibility index (Phi) is 4.11. The number of nitrogens with zero attached hydrogens (tertiary/aromatic N) is 1. The number of nitrogens with one attached hydrogen (secondary N) is 1. The summed E-state index contributed by atoms with van der Waals surface area (Å²) in [5.74, 6) is 0.996. The Hall–Kier alpha value is -2.86. The summed E-state index contributed by atoms with van der Waals surface area (Å²) in [6.45, 7) is 2.14. The van der Waals surface area contributed by atoms with Crippen LogP contribution in [0.1, 0.15) is 5.01 Å². The van der Waals surface area contributed by atoms with Gasteiger partial charge in [-0.2, -0.15) is 0 Å². The van der Waals surface area contributed by atoms with Crippen molar-refractivity contribution in [2.45, 2.75) is 13.0 Å². The third-order valence-corrected chi connectivity index (χ3v) is 4.65. The minimum absolute atomic E-state index is 0.181. The quantitative estimate of drug-likeness (QED) is 0.777. The molecule has 3 aromatic rings. The Labute approximate surface area is 149 Å². The molecule has 6 heteroatoms. The summed E-state index contributed by atoms with van der Waals surface area (Å²) >= 11 is 1.58. The maximum atomic E-state index is 12.6. The first-order valence-corrected chi connectivity index (χ1v) is 8.79. The van der Waals surface area contributed by atoms with Gasteiger partial charge in [0.1, 0.15) is 6.61 Å². The average Bonchev–Trinajstić information content (AvgIpc) is 3.08. The second-order valence-electron chi connectivity index (χ2n) is 5.65. The predicted molar refractivity (Wildman–Crippen MR) is 97.3 cm³/mol. The van der Waals surface area contributed by atoms with Crippen molar-refractivity contribution >= 4 is 22.9 Å².